The van der Waals surface area contributed by atoms with Crippen molar-refractivity contribution >= 4 is 8.73 Å². The maximum absolute atomic E-state index is 3.91. The molecule has 0 spiro atoms. The van der Waals surface area contributed by atoms with Crippen molar-refractivity contribution in [2.24, 2.45) is 0 Å². The van der Waals surface area contributed by atoms with Crippen LogP contribution in [0.2, 0.25) is 0 Å². The van der Waals surface area contributed by atoms with Gasteiger partial charge in [-0.2, -0.15) is 0 Å². The van der Waals surface area contributed by atoms with E-state index in [0.29, 0.717) is 0 Å². The topological polar surface area (TPSA) is 17.8 Å². The Balaban J connectivity index is 0.000000810. The van der Waals surface area contributed by atoms with Crippen LogP contribution in [0.1, 0.15) is 0 Å². The Morgan fingerprint density at radius 3 is 3.00 bits per heavy atom. The van der Waals surface area contributed by atoms with Crippen molar-refractivity contribution in [1.82, 2.24) is 9.32 Å². The van der Waals surface area contributed by atoms with Crippen molar-refractivity contribution in [3.05, 3.63) is 31.4 Å². The molecule has 0 saturated heterocycles. The van der Waals surface area contributed by atoms with Crippen LogP contribution in [0.5, 0.6) is 0 Å². The predicted molar refractivity (Wildman–Crippen MR) is 41.0 cm³/mol. The van der Waals surface area contributed by atoms with Crippen LogP contribution < -0.4 is 0 Å². The molecule has 1 aromatic heterocycles. The van der Waals surface area contributed by atoms with Gasteiger partial charge in [0, 0.05) is 39.6 Å². The molecule has 0 N–H and O–H groups in total. The molecule has 10 heavy (non-hydrogen) atoms. The number of hydrogen-bond donors (Lipinski definition) is 0. The molecule has 0 bridgehead atoms. The molecule has 2 nitrogen and oxygen atoms in total. The zero-order chi connectivity index (χ0) is 6.53. The summed E-state index contributed by atoms with van der Waals surface area (Å²) in [6.07, 6.45) is 8.52. The summed E-state index contributed by atoms with van der Waals surface area (Å²) in [4.78, 5) is 3.91. The monoisotopic (exact) mass is 324 g/mol. The van der Waals surface area contributed by atoms with Crippen LogP contribution in [0.3, 0.4) is 0 Å². The SMILES string of the molecule is C=CCPn1ccnc1.[W]. The minimum absolute atomic E-state index is 0. The van der Waals surface area contributed by atoms with Gasteiger partial charge in [0.15, 0.2) is 0 Å². The number of nitrogens with zero attached hydrogens (tertiary/aromatic N) is 2. The molecule has 0 amide bonds. The molecule has 0 saturated carbocycles. The minimum Gasteiger partial charge on any atom is -0.319 e. The van der Waals surface area contributed by atoms with Crippen molar-refractivity contribution < 1.29 is 21.1 Å². The molecule has 0 aromatic carbocycles. The fraction of sp³-hybridized carbons (Fsp3) is 0.167. The number of hydrogen-bond acceptors (Lipinski definition) is 1. The summed E-state index contributed by atoms with van der Waals surface area (Å²) in [6, 6.07) is 0. The van der Waals surface area contributed by atoms with Crippen molar-refractivity contribution in [2.45, 2.75) is 0 Å². The zero-order valence-corrected chi connectivity index (χ0v) is 9.46. The van der Waals surface area contributed by atoms with E-state index in [-0.39, 0.29) is 21.1 Å². The zero-order valence-electron chi connectivity index (χ0n) is 5.53. The summed E-state index contributed by atoms with van der Waals surface area (Å²) >= 11 is 0. The Kier molecular flexibility index (Phi) is 5.86. The predicted octanol–water partition coefficient (Wildman–Crippen LogP) is 1.51. The van der Waals surface area contributed by atoms with Crippen LogP contribution in [-0.2, 0) is 21.1 Å². The first-order valence-electron chi connectivity index (χ1n) is 2.76. The van der Waals surface area contributed by atoms with Gasteiger partial charge < -0.3 is 4.34 Å². The van der Waals surface area contributed by atoms with Gasteiger partial charge in [-0.05, 0) is 8.73 Å². The summed E-state index contributed by atoms with van der Waals surface area (Å²) in [5.41, 5.74) is 0. The van der Waals surface area contributed by atoms with E-state index in [9.17, 15) is 0 Å². The van der Waals surface area contributed by atoms with Gasteiger partial charge in [-0.1, -0.05) is 6.08 Å². The summed E-state index contributed by atoms with van der Waals surface area (Å²) in [5.74, 6) is 0. The van der Waals surface area contributed by atoms with Gasteiger partial charge in [0.1, 0.15) is 0 Å². The van der Waals surface area contributed by atoms with E-state index >= 15 is 0 Å². The second-order valence-electron chi connectivity index (χ2n) is 1.62. The molecule has 0 aliphatic rings. The molecule has 1 atom stereocenters. The van der Waals surface area contributed by atoms with Crippen LogP contribution in [0.25, 0.3) is 0 Å². The second-order valence-corrected chi connectivity index (χ2v) is 2.86. The van der Waals surface area contributed by atoms with E-state index in [2.05, 4.69) is 15.9 Å². The normalized spacial score (nSPS) is 9.60. The Hall–Kier alpha value is 0.0683. The first-order chi connectivity index (χ1) is 4.43. The molecular weight excluding hydrogens is 315 g/mol. The van der Waals surface area contributed by atoms with E-state index in [1.54, 1.807) is 6.20 Å². The van der Waals surface area contributed by atoms with Gasteiger partial charge >= 0.3 is 0 Å². The molecule has 0 aliphatic carbocycles. The Morgan fingerprint density at radius 1 is 1.70 bits per heavy atom. The van der Waals surface area contributed by atoms with Gasteiger partial charge in [-0.3, -0.25) is 0 Å². The molecular formula is C6H9N2PW. The fourth-order valence-corrected chi connectivity index (χ4v) is 1.18. The molecule has 54 valence electrons. The van der Waals surface area contributed by atoms with Gasteiger partial charge in [0.05, 0.1) is 6.33 Å². The standard InChI is InChI=1S/C6H9N2P.W/c1-2-5-9-8-4-3-7-6-8;/h2-4,6,9H,1,5H2;. The molecule has 0 radical (unpaired) electrons. The third kappa shape index (κ3) is 3.29. The van der Waals surface area contributed by atoms with Gasteiger partial charge in [-0.25, -0.2) is 4.98 Å². The first-order valence-corrected chi connectivity index (χ1v) is 3.91. The van der Waals surface area contributed by atoms with Crippen molar-refractivity contribution in [1.29, 1.82) is 0 Å². The quantitative estimate of drug-likeness (QED) is 0.609. The van der Waals surface area contributed by atoms with Crippen LogP contribution in [-0.4, -0.2) is 15.5 Å². The molecule has 1 aromatic rings. The number of allylic oxidation sites excluding steroid dienone is 1. The fourth-order valence-electron chi connectivity index (χ4n) is 0.523. The van der Waals surface area contributed by atoms with E-state index < -0.39 is 0 Å². The summed E-state index contributed by atoms with van der Waals surface area (Å²) in [5, 5.41) is 0. The van der Waals surface area contributed by atoms with Crippen LogP contribution in [0, 0.1) is 0 Å². The van der Waals surface area contributed by atoms with Crippen LogP contribution in [0.15, 0.2) is 31.4 Å². The average molecular weight is 324 g/mol. The molecule has 1 unspecified atom stereocenters. The maximum atomic E-state index is 3.91. The number of rotatable bonds is 3. The number of aromatic nitrogens is 2. The minimum atomic E-state index is 0. The Labute approximate surface area is 76.8 Å². The third-order valence-corrected chi connectivity index (χ3v) is 2.02. The van der Waals surface area contributed by atoms with Gasteiger partial charge in [-0.15, -0.1) is 6.58 Å². The van der Waals surface area contributed by atoms with Crippen molar-refractivity contribution in [2.75, 3.05) is 6.16 Å². The third-order valence-electron chi connectivity index (χ3n) is 0.923. The van der Waals surface area contributed by atoms with Crippen molar-refractivity contribution in [3.63, 3.8) is 0 Å². The van der Waals surface area contributed by atoms with Crippen LogP contribution in [0.4, 0.5) is 0 Å². The Morgan fingerprint density at radius 2 is 2.50 bits per heavy atom. The molecule has 1 rings (SSSR count). The molecule has 0 fully saturated rings. The van der Waals surface area contributed by atoms with E-state index in [4.69, 9.17) is 0 Å². The number of imidazole rings is 1. The Bertz CT molecular complexity index is 174. The maximum Gasteiger partial charge on any atom is 0.0977 e. The first kappa shape index (κ1) is 10.1. The van der Waals surface area contributed by atoms with Crippen molar-refractivity contribution in [3.8, 4) is 0 Å². The smallest absolute Gasteiger partial charge is 0.0977 e. The van der Waals surface area contributed by atoms with Gasteiger partial charge in [0.2, 0.25) is 0 Å². The molecule has 4 heteroatoms. The summed E-state index contributed by atoms with van der Waals surface area (Å²) in [7, 11) is 0.765. The summed E-state index contributed by atoms with van der Waals surface area (Å²) in [6.45, 7) is 3.63. The van der Waals surface area contributed by atoms with E-state index in [1.165, 1.54) is 0 Å². The van der Waals surface area contributed by atoms with Crippen LogP contribution >= 0.6 is 8.73 Å². The molecule has 1 heterocycles. The van der Waals surface area contributed by atoms with E-state index in [0.717, 1.165) is 14.9 Å². The van der Waals surface area contributed by atoms with E-state index in [1.807, 2.05) is 18.6 Å². The molecule has 0 aliphatic heterocycles. The van der Waals surface area contributed by atoms with Gasteiger partial charge in [0.25, 0.3) is 0 Å². The second kappa shape index (κ2) is 5.82. The summed E-state index contributed by atoms with van der Waals surface area (Å²) < 4.78 is 2.06. The largest absolute Gasteiger partial charge is 0.319 e. The average Bonchev–Trinajstić information content (AvgIpc) is 2.34.